The Morgan fingerprint density at radius 3 is 2.37 bits per heavy atom. The maximum atomic E-state index is 16.2. The molecule has 3 aromatic carbocycles. The molecule has 220 valence electrons. The zero-order chi connectivity index (χ0) is 29.4. The predicted octanol–water partition coefficient (Wildman–Crippen LogP) is 5.70. The maximum absolute atomic E-state index is 16.2. The lowest BCUT2D eigenvalue weighted by atomic mass is 9.95. The molecule has 0 aromatic heterocycles. The molecule has 5 rings (SSSR count). The Balaban J connectivity index is 1.47. The van der Waals surface area contributed by atoms with Gasteiger partial charge in [-0.3, -0.25) is 4.79 Å². The highest BCUT2D eigenvalue weighted by molar-refractivity contribution is 9.10. The van der Waals surface area contributed by atoms with Crippen LogP contribution in [0, 0.1) is 0 Å². The average molecular weight is 651 g/mol. The van der Waals surface area contributed by atoms with Gasteiger partial charge in [0.15, 0.2) is 6.04 Å². The molecule has 41 heavy (non-hydrogen) atoms. The van der Waals surface area contributed by atoms with Crippen molar-refractivity contribution in [1.82, 2.24) is 9.62 Å². The molecule has 0 spiro atoms. The molecule has 3 N–H and O–H groups in total. The van der Waals surface area contributed by atoms with Gasteiger partial charge < -0.3 is 15.4 Å². The number of fused-ring (bicyclic) bond motifs is 3. The van der Waals surface area contributed by atoms with Crippen LogP contribution in [0.5, 0.6) is 5.75 Å². The zero-order valence-electron chi connectivity index (χ0n) is 22.7. The van der Waals surface area contributed by atoms with Crippen LogP contribution in [0.1, 0.15) is 51.0 Å². The Morgan fingerprint density at radius 2 is 1.71 bits per heavy atom. The highest BCUT2D eigenvalue weighted by Gasteiger charge is 2.53. The van der Waals surface area contributed by atoms with Gasteiger partial charge in [0.25, 0.3) is 5.92 Å². The van der Waals surface area contributed by atoms with Gasteiger partial charge in [-0.05, 0) is 79.3 Å². The third-order valence-corrected chi connectivity index (χ3v) is 9.94. The molecule has 2 aliphatic heterocycles. The molecule has 1 amide bonds. The lowest BCUT2D eigenvalue weighted by Crippen LogP contribution is -2.60. The minimum absolute atomic E-state index is 0.117. The number of carbonyl (C=O) groups is 1. The number of alkyl halides is 2. The second kappa shape index (κ2) is 11.9. The second-order valence-corrected chi connectivity index (χ2v) is 13.5. The summed E-state index contributed by atoms with van der Waals surface area (Å²) in [5.41, 5.74) is 5.68. The summed E-state index contributed by atoms with van der Waals surface area (Å²) < 4.78 is 68.0. The van der Waals surface area contributed by atoms with Crippen molar-refractivity contribution in [3.63, 3.8) is 0 Å². The third-order valence-electron chi connectivity index (χ3n) is 8.00. The van der Waals surface area contributed by atoms with Crippen LogP contribution in [0.15, 0.2) is 70.0 Å². The monoisotopic (exact) mass is 649 g/mol. The van der Waals surface area contributed by atoms with Crippen LogP contribution in [-0.2, 0) is 20.7 Å². The van der Waals surface area contributed by atoms with Crippen LogP contribution < -0.4 is 15.2 Å². The average Bonchev–Trinajstić information content (AvgIpc) is 3.22. The smallest absolute Gasteiger partial charge is 0.298 e. The topological polar surface area (TPSA) is 102 Å². The molecule has 0 saturated carbocycles. The minimum Gasteiger partial charge on any atom is -0.494 e. The van der Waals surface area contributed by atoms with E-state index < -0.39 is 33.5 Å². The summed E-state index contributed by atoms with van der Waals surface area (Å²) in [6.45, 7) is 2.64. The number of benzene rings is 3. The number of hydrogen-bond donors (Lipinski definition) is 2. The molecule has 2 bridgehead atoms. The summed E-state index contributed by atoms with van der Waals surface area (Å²) in [5, 5.41) is 1.34. The van der Waals surface area contributed by atoms with E-state index in [2.05, 4.69) is 27.6 Å². The fourth-order valence-corrected chi connectivity index (χ4v) is 7.35. The van der Waals surface area contributed by atoms with E-state index in [-0.39, 0.29) is 23.0 Å². The number of halogens is 3. The first kappa shape index (κ1) is 29.9. The Morgan fingerprint density at radius 1 is 1.07 bits per heavy atom. The number of nitrogens with one attached hydrogen (secondary N) is 1. The number of hydrogen-bond acceptors (Lipinski definition) is 5. The van der Waals surface area contributed by atoms with Gasteiger partial charge in [0.1, 0.15) is 5.75 Å². The van der Waals surface area contributed by atoms with Gasteiger partial charge in [0.05, 0.1) is 11.5 Å². The Kier molecular flexibility index (Phi) is 8.71. The number of piperidine rings is 1. The van der Waals surface area contributed by atoms with E-state index in [1.165, 1.54) is 41.3 Å². The van der Waals surface area contributed by atoms with Crippen LogP contribution >= 0.6 is 15.9 Å². The normalized spacial score (nSPS) is 21.7. The quantitative estimate of drug-likeness (QED) is 0.274. The first-order chi connectivity index (χ1) is 19.5. The summed E-state index contributed by atoms with van der Waals surface area (Å²) in [4.78, 5) is 15.1. The van der Waals surface area contributed by atoms with Gasteiger partial charge in [-0.1, -0.05) is 53.5 Å². The molecule has 3 aromatic rings. The summed E-state index contributed by atoms with van der Waals surface area (Å²) in [6.07, 6.45) is 4.22. The molecule has 2 aliphatic rings. The molecule has 2 fully saturated rings. The highest BCUT2D eigenvalue weighted by atomic mass is 79.9. The molecule has 0 aliphatic carbocycles. The van der Waals surface area contributed by atoms with Crippen LogP contribution in [0.4, 0.5) is 8.78 Å². The fraction of sp³-hybridized carbons (Fsp3) is 0.433. The molecular weight excluding hydrogens is 616 g/mol. The summed E-state index contributed by atoms with van der Waals surface area (Å²) in [5.74, 6) is -4.10. The van der Waals surface area contributed by atoms with Gasteiger partial charge in [0, 0.05) is 28.2 Å². The van der Waals surface area contributed by atoms with Crippen LogP contribution in [0.2, 0.25) is 0 Å². The van der Waals surface area contributed by atoms with Crippen molar-refractivity contribution < 1.29 is 26.7 Å². The van der Waals surface area contributed by atoms with E-state index in [1.54, 1.807) is 24.3 Å². The van der Waals surface area contributed by atoms with Crippen molar-refractivity contribution in [2.45, 2.75) is 80.4 Å². The van der Waals surface area contributed by atoms with E-state index >= 15 is 8.78 Å². The van der Waals surface area contributed by atoms with Gasteiger partial charge in [-0.2, -0.15) is 13.5 Å². The van der Waals surface area contributed by atoms with Gasteiger partial charge in [0.2, 0.25) is 15.9 Å². The molecule has 0 radical (unpaired) electrons. The first-order valence-corrected chi connectivity index (χ1v) is 16.2. The standard InChI is InChI=1S/C30H34BrF2N3O4S/c1-2-3-14-40-26-12-4-20-16-27(13-5-19(20)15-26)41(38,39)35-28(30(32,33)21-6-8-22(31)9-7-21)29(37)36-24-10-11-25(36)18-23(34)17-24/h4-9,12-13,15-16,23-25,28,35H,2-3,10-11,14,17-18,34H2,1H3. The number of sulfonamides is 1. The lowest BCUT2D eigenvalue weighted by molar-refractivity contribution is -0.149. The van der Waals surface area contributed by atoms with E-state index in [4.69, 9.17) is 10.5 Å². The maximum Gasteiger partial charge on any atom is 0.298 e. The van der Waals surface area contributed by atoms with Crippen molar-refractivity contribution in [3.05, 3.63) is 70.7 Å². The molecule has 3 unspecified atom stereocenters. The van der Waals surface area contributed by atoms with E-state index in [9.17, 15) is 13.2 Å². The molecule has 7 nitrogen and oxygen atoms in total. The number of ether oxygens (including phenoxy) is 1. The first-order valence-electron chi connectivity index (χ1n) is 13.9. The van der Waals surface area contributed by atoms with Gasteiger partial charge in [-0.15, -0.1) is 0 Å². The van der Waals surface area contributed by atoms with Crippen molar-refractivity contribution in [1.29, 1.82) is 0 Å². The number of rotatable bonds is 10. The van der Waals surface area contributed by atoms with E-state index in [0.717, 1.165) is 18.2 Å². The van der Waals surface area contributed by atoms with Crippen molar-refractivity contribution >= 4 is 42.6 Å². The largest absolute Gasteiger partial charge is 0.494 e. The molecule has 11 heteroatoms. The van der Waals surface area contributed by atoms with Crippen LogP contribution in [0.25, 0.3) is 10.8 Å². The third kappa shape index (κ3) is 6.28. The molecule has 2 heterocycles. The van der Waals surface area contributed by atoms with E-state index in [1.807, 2.05) is 0 Å². The minimum atomic E-state index is -4.53. The Labute approximate surface area is 247 Å². The summed E-state index contributed by atoms with van der Waals surface area (Å²) in [6, 6.07) is 11.9. The lowest BCUT2D eigenvalue weighted by Gasteiger charge is -2.41. The summed E-state index contributed by atoms with van der Waals surface area (Å²) >= 11 is 3.24. The number of carbonyl (C=O) groups excluding carboxylic acids is 1. The zero-order valence-corrected chi connectivity index (χ0v) is 25.1. The second-order valence-electron chi connectivity index (χ2n) is 10.9. The van der Waals surface area contributed by atoms with Crippen molar-refractivity contribution in [3.8, 4) is 5.75 Å². The SMILES string of the molecule is CCCCOc1ccc2cc(S(=O)(=O)NC(C(=O)N3C4CCC3CC(N)C4)C(F)(F)c3ccc(Br)cc3)ccc2c1. The van der Waals surface area contributed by atoms with E-state index in [0.29, 0.717) is 47.9 Å². The van der Waals surface area contributed by atoms with Gasteiger partial charge in [-0.25, -0.2) is 8.42 Å². The molecular formula is C30H34BrF2N3O4S. The number of nitrogens with two attached hydrogens (primary N) is 1. The van der Waals surface area contributed by atoms with Crippen LogP contribution in [-0.4, -0.2) is 50.0 Å². The summed E-state index contributed by atoms with van der Waals surface area (Å²) in [7, 11) is -4.53. The van der Waals surface area contributed by atoms with Gasteiger partial charge >= 0.3 is 0 Å². The molecule has 2 saturated heterocycles. The number of amides is 1. The fourth-order valence-electron chi connectivity index (χ4n) is 5.86. The number of unbranched alkanes of at least 4 members (excludes halogenated alkanes) is 1. The van der Waals surface area contributed by atoms with Crippen molar-refractivity contribution in [2.24, 2.45) is 5.73 Å². The number of nitrogens with zero attached hydrogens (tertiary/aromatic N) is 1. The Hall–Kier alpha value is -2.60. The Bertz CT molecular complexity index is 1510. The van der Waals surface area contributed by atoms with Crippen molar-refractivity contribution in [2.75, 3.05) is 6.61 Å². The predicted molar refractivity (Wildman–Crippen MR) is 157 cm³/mol. The molecule has 3 atom stereocenters. The highest BCUT2D eigenvalue weighted by Crippen LogP contribution is 2.40. The van der Waals surface area contributed by atoms with Crippen LogP contribution in [0.3, 0.4) is 0 Å².